The van der Waals surface area contributed by atoms with Crippen molar-refractivity contribution in [2.75, 3.05) is 11.9 Å². The maximum Gasteiger partial charge on any atom is 0.586 e. The molecule has 0 atom stereocenters. The molecule has 0 saturated carbocycles. The van der Waals surface area contributed by atoms with Gasteiger partial charge in [-0.3, -0.25) is 4.79 Å². The number of fused-ring (bicyclic) bond motifs is 1. The third kappa shape index (κ3) is 3.54. The van der Waals surface area contributed by atoms with Gasteiger partial charge in [-0.25, -0.2) is 0 Å². The molecule has 0 radical (unpaired) electrons. The highest BCUT2D eigenvalue weighted by atomic mass is 19.3. The molecule has 1 aliphatic heterocycles. The van der Waals surface area contributed by atoms with E-state index in [9.17, 15) is 13.6 Å². The van der Waals surface area contributed by atoms with Gasteiger partial charge >= 0.3 is 6.29 Å². The van der Waals surface area contributed by atoms with Crippen molar-refractivity contribution in [2.45, 2.75) is 25.6 Å². The highest BCUT2D eigenvalue weighted by molar-refractivity contribution is 5.91. The van der Waals surface area contributed by atoms with E-state index in [1.807, 2.05) is 0 Å². The summed E-state index contributed by atoms with van der Waals surface area (Å²) in [4.78, 5) is 11.5. The summed E-state index contributed by atoms with van der Waals surface area (Å²) in [6.07, 6.45) is -1.86. The van der Waals surface area contributed by atoms with Crippen molar-refractivity contribution in [3.8, 4) is 11.5 Å². The highest BCUT2D eigenvalue weighted by Gasteiger charge is 2.43. The molecule has 0 fully saturated rings. The average Bonchev–Trinajstić information content (AvgIpc) is 2.62. The van der Waals surface area contributed by atoms with Gasteiger partial charge in [-0.15, -0.1) is 8.78 Å². The van der Waals surface area contributed by atoms with Crippen LogP contribution in [0.5, 0.6) is 11.5 Å². The van der Waals surface area contributed by atoms with Crippen molar-refractivity contribution < 1.29 is 23.0 Å². The van der Waals surface area contributed by atoms with Gasteiger partial charge in [0.15, 0.2) is 11.5 Å². The molecule has 0 spiro atoms. The quantitative estimate of drug-likeness (QED) is 0.805. The van der Waals surface area contributed by atoms with Crippen LogP contribution in [-0.2, 0) is 4.79 Å². The summed E-state index contributed by atoms with van der Waals surface area (Å²) in [6.45, 7) is 0.534. The van der Waals surface area contributed by atoms with E-state index in [1.165, 1.54) is 18.2 Å². The number of benzene rings is 1. The van der Waals surface area contributed by atoms with Crippen LogP contribution >= 0.6 is 0 Å². The van der Waals surface area contributed by atoms with Gasteiger partial charge in [-0.05, 0) is 31.5 Å². The van der Waals surface area contributed by atoms with Gasteiger partial charge in [0.25, 0.3) is 0 Å². The molecule has 0 saturated heterocycles. The van der Waals surface area contributed by atoms with E-state index < -0.39 is 6.29 Å². The molecule has 0 aromatic heterocycles. The summed E-state index contributed by atoms with van der Waals surface area (Å²) in [5.41, 5.74) is 5.71. The third-order valence-corrected chi connectivity index (χ3v) is 2.54. The monoisotopic (exact) mass is 272 g/mol. The second-order valence-corrected chi connectivity index (χ2v) is 4.12. The van der Waals surface area contributed by atoms with E-state index in [0.717, 1.165) is 6.42 Å². The second-order valence-electron chi connectivity index (χ2n) is 4.12. The van der Waals surface area contributed by atoms with E-state index >= 15 is 0 Å². The standard InChI is InChI=1S/C12H14F2N2O3/c13-12(14)18-9-5-4-8(7-10(9)19-12)16-11(17)3-1-2-6-15/h4-5,7H,1-3,6,15H2,(H,16,17). The molecule has 3 N–H and O–H groups in total. The van der Waals surface area contributed by atoms with E-state index in [2.05, 4.69) is 14.8 Å². The molecule has 1 aliphatic rings. The van der Waals surface area contributed by atoms with Crippen LogP contribution in [0.2, 0.25) is 0 Å². The van der Waals surface area contributed by atoms with Gasteiger partial charge in [0.2, 0.25) is 5.91 Å². The van der Waals surface area contributed by atoms with Crippen LogP contribution in [0, 0.1) is 0 Å². The Morgan fingerprint density at radius 1 is 1.26 bits per heavy atom. The Balaban J connectivity index is 1.95. The van der Waals surface area contributed by atoms with Gasteiger partial charge in [0, 0.05) is 18.2 Å². The topological polar surface area (TPSA) is 73.6 Å². The number of hydrogen-bond acceptors (Lipinski definition) is 4. The number of ether oxygens (including phenoxy) is 2. The normalized spacial score (nSPS) is 15.3. The number of anilines is 1. The fraction of sp³-hybridized carbons (Fsp3) is 0.417. The molecule has 2 rings (SSSR count). The zero-order valence-electron chi connectivity index (χ0n) is 10.1. The average molecular weight is 272 g/mol. The van der Waals surface area contributed by atoms with Crippen LogP contribution < -0.4 is 20.5 Å². The minimum absolute atomic E-state index is 0.0499. The van der Waals surface area contributed by atoms with Gasteiger partial charge in [0.05, 0.1) is 0 Å². The van der Waals surface area contributed by atoms with Crippen LogP contribution in [0.1, 0.15) is 19.3 Å². The zero-order chi connectivity index (χ0) is 13.9. The number of carbonyl (C=O) groups is 1. The van der Waals surface area contributed by atoms with Crippen LogP contribution in [0.4, 0.5) is 14.5 Å². The summed E-state index contributed by atoms with van der Waals surface area (Å²) in [5, 5.41) is 2.60. The molecular formula is C12H14F2N2O3. The predicted octanol–water partition coefficient (Wildman–Crippen LogP) is 2.08. The first-order valence-electron chi connectivity index (χ1n) is 5.90. The van der Waals surface area contributed by atoms with Crippen LogP contribution in [0.15, 0.2) is 18.2 Å². The van der Waals surface area contributed by atoms with Gasteiger partial charge in [-0.2, -0.15) is 0 Å². The molecule has 104 valence electrons. The summed E-state index contributed by atoms with van der Waals surface area (Å²) < 4.78 is 34.1. The first-order valence-corrected chi connectivity index (χ1v) is 5.90. The first-order chi connectivity index (χ1) is 9.00. The number of rotatable bonds is 5. The number of amides is 1. The SMILES string of the molecule is NCCCCC(=O)Nc1ccc2c(c1)OC(F)(F)O2. The highest BCUT2D eigenvalue weighted by Crippen LogP contribution is 2.42. The largest absolute Gasteiger partial charge is 0.586 e. The molecule has 7 heteroatoms. The van der Waals surface area contributed by atoms with Crippen LogP contribution in [-0.4, -0.2) is 18.7 Å². The van der Waals surface area contributed by atoms with Crippen molar-refractivity contribution in [3.05, 3.63) is 18.2 Å². The van der Waals surface area contributed by atoms with E-state index in [1.54, 1.807) is 0 Å². The Morgan fingerprint density at radius 2 is 2.00 bits per heavy atom. The second kappa shape index (κ2) is 5.40. The summed E-state index contributed by atoms with van der Waals surface area (Å²) in [6, 6.07) is 4.10. The maximum absolute atomic E-state index is 12.8. The minimum Gasteiger partial charge on any atom is -0.395 e. The lowest BCUT2D eigenvalue weighted by molar-refractivity contribution is -0.286. The number of nitrogens with two attached hydrogens (primary N) is 1. The zero-order valence-corrected chi connectivity index (χ0v) is 10.1. The smallest absolute Gasteiger partial charge is 0.395 e. The van der Waals surface area contributed by atoms with Crippen LogP contribution in [0.3, 0.4) is 0 Å². The number of halogens is 2. The van der Waals surface area contributed by atoms with Crippen LogP contribution in [0.25, 0.3) is 0 Å². The van der Waals surface area contributed by atoms with E-state index in [-0.39, 0.29) is 17.4 Å². The van der Waals surface area contributed by atoms with Gasteiger partial charge in [-0.1, -0.05) is 0 Å². The van der Waals surface area contributed by atoms with Crippen molar-refractivity contribution >= 4 is 11.6 Å². The molecular weight excluding hydrogens is 258 g/mol. The number of hydrogen-bond donors (Lipinski definition) is 2. The van der Waals surface area contributed by atoms with Crippen molar-refractivity contribution in [2.24, 2.45) is 5.73 Å². The molecule has 1 amide bonds. The molecule has 0 aliphatic carbocycles. The third-order valence-electron chi connectivity index (χ3n) is 2.54. The molecule has 0 bridgehead atoms. The summed E-state index contributed by atoms with van der Waals surface area (Å²) in [7, 11) is 0. The molecule has 0 unspecified atom stereocenters. The Labute approximate surface area is 108 Å². The van der Waals surface area contributed by atoms with Crippen molar-refractivity contribution in [1.29, 1.82) is 0 Å². The molecule has 1 heterocycles. The lowest BCUT2D eigenvalue weighted by atomic mass is 10.2. The Kier molecular flexibility index (Phi) is 3.84. The minimum atomic E-state index is -3.65. The summed E-state index contributed by atoms with van der Waals surface area (Å²) >= 11 is 0. The number of carbonyl (C=O) groups excluding carboxylic acids is 1. The van der Waals surface area contributed by atoms with E-state index in [0.29, 0.717) is 25.1 Å². The number of nitrogens with one attached hydrogen (secondary N) is 1. The Bertz CT molecular complexity index is 480. The number of unbranched alkanes of at least 4 members (excludes halogenated alkanes) is 1. The molecule has 19 heavy (non-hydrogen) atoms. The van der Waals surface area contributed by atoms with Gasteiger partial charge < -0.3 is 20.5 Å². The fourth-order valence-corrected chi connectivity index (χ4v) is 1.68. The maximum atomic E-state index is 12.8. The molecule has 5 nitrogen and oxygen atoms in total. The first kappa shape index (κ1) is 13.5. The Hall–Kier alpha value is -1.89. The van der Waals surface area contributed by atoms with Gasteiger partial charge in [0.1, 0.15) is 0 Å². The predicted molar refractivity (Wildman–Crippen MR) is 64.2 cm³/mol. The summed E-state index contributed by atoms with van der Waals surface area (Å²) in [5.74, 6) is -0.338. The lowest BCUT2D eigenvalue weighted by Gasteiger charge is -2.05. The molecule has 1 aromatic rings. The Morgan fingerprint density at radius 3 is 2.74 bits per heavy atom. The molecule has 1 aromatic carbocycles. The lowest BCUT2D eigenvalue weighted by Crippen LogP contribution is -2.25. The van der Waals surface area contributed by atoms with Crippen molar-refractivity contribution in [1.82, 2.24) is 0 Å². The van der Waals surface area contributed by atoms with E-state index in [4.69, 9.17) is 5.73 Å². The van der Waals surface area contributed by atoms with Crippen molar-refractivity contribution in [3.63, 3.8) is 0 Å². The number of alkyl halides is 2. The fourth-order valence-electron chi connectivity index (χ4n) is 1.68.